The predicted octanol–water partition coefficient (Wildman–Crippen LogP) is 1.16. The number of ether oxygens (including phenoxy) is 2. The van der Waals surface area contributed by atoms with Crippen LogP contribution in [0.25, 0.3) is 0 Å². The molecule has 0 aliphatic carbocycles. The Morgan fingerprint density at radius 1 is 1.47 bits per heavy atom. The lowest BCUT2D eigenvalue weighted by Crippen LogP contribution is -2.14. The Bertz CT molecular complexity index is 401. The minimum absolute atomic E-state index is 0.340. The average molecular weight is 235 g/mol. The van der Waals surface area contributed by atoms with Gasteiger partial charge in [-0.1, -0.05) is 0 Å². The molecule has 1 aromatic rings. The van der Waals surface area contributed by atoms with Crippen molar-refractivity contribution in [3.8, 4) is 11.8 Å². The van der Waals surface area contributed by atoms with E-state index in [9.17, 15) is 0 Å². The van der Waals surface area contributed by atoms with Gasteiger partial charge in [0.25, 0.3) is 0 Å². The molecule has 5 nitrogen and oxygen atoms in total. The summed E-state index contributed by atoms with van der Waals surface area (Å²) in [5.41, 5.74) is 7.22. The fraction of sp³-hybridized carbons (Fsp3) is 0.500. The Kier molecular flexibility index (Phi) is 5.40. The number of hydrogen-bond acceptors (Lipinski definition) is 5. The van der Waals surface area contributed by atoms with E-state index in [4.69, 9.17) is 20.5 Å². The van der Waals surface area contributed by atoms with Crippen LogP contribution < -0.4 is 10.5 Å². The van der Waals surface area contributed by atoms with Crippen molar-refractivity contribution in [1.29, 1.82) is 5.26 Å². The molecule has 1 aromatic heterocycles. The quantitative estimate of drug-likeness (QED) is 0.748. The van der Waals surface area contributed by atoms with Crippen molar-refractivity contribution >= 4 is 0 Å². The molecule has 2 N–H and O–H groups in total. The lowest BCUT2D eigenvalue weighted by atomic mass is 10.3. The number of hydrogen-bond donors (Lipinski definition) is 1. The summed E-state index contributed by atoms with van der Waals surface area (Å²) in [6, 6.07) is 5.70. The zero-order valence-electron chi connectivity index (χ0n) is 10.1. The van der Waals surface area contributed by atoms with Crippen LogP contribution in [0.15, 0.2) is 12.1 Å². The molecule has 92 valence electrons. The second-order valence-electron chi connectivity index (χ2n) is 3.59. The molecule has 0 fully saturated rings. The topological polar surface area (TPSA) is 81.2 Å². The van der Waals surface area contributed by atoms with E-state index in [1.807, 2.05) is 25.1 Å². The Morgan fingerprint density at radius 2 is 2.24 bits per heavy atom. The first-order chi connectivity index (χ1) is 8.17. The maximum absolute atomic E-state index is 8.52. The zero-order valence-corrected chi connectivity index (χ0v) is 10.1. The molecule has 0 bridgehead atoms. The van der Waals surface area contributed by atoms with Crippen molar-refractivity contribution in [3.05, 3.63) is 23.5 Å². The molecule has 0 saturated carbocycles. The van der Waals surface area contributed by atoms with E-state index in [2.05, 4.69) is 4.98 Å². The molecule has 5 heteroatoms. The van der Waals surface area contributed by atoms with Gasteiger partial charge in [0.2, 0.25) is 0 Å². The van der Waals surface area contributed by atoms with Crippen LogP contribution >= 0.6 is 0 Å². The van der Waals surface area contributed by atoms with Crippen LogP contribution in [0.4, 0.5) is 0 Å². The second-order valence-corrected chi connectivity index (χ2v) is 3.59. The molecule has 0 aliphatic rings. The molecular weight excluding hydrogens is 218 g/mol. The molecule has 1 rings (SSSR count). The number of nitriles is 1. The summed E-state index contributed by atoms with van der Waals surface area (Å²) in [5, 5.41) is 8.52. The standard InChI is InChI=1S/C12H17N3O2/c1-9-3-4-12(11(8-14)15-9)17-6-5-16-10(2)7-13/h3-4,10H,5-6,8,14H2,1-2H3. The van der Waals surface area contributed by atoms with Crippen LogP contribution in [-0.2, 0) is 11.3 Å². The molecule has 0 saturated heterocycles. The summed E-state index contributed by atoms with van der Waals surface area (Å²) in [6.45, 7) is 4.68. The van der Waals surface area contributed by atoms with Crippen LogP contribution in [0.3, 0.4) is 0 Å². The van der Waals surface area contributed by atoms with Gasteiger partial charge in [-0.15, -0.1) is 0 Å². The molecule has 17 heavy (non-hydrogen) atoms. The SMILES string of the molecule is Cc1ccc(OCCOC(C)C#N)c(CN)n1. The highest BCUT2D eigenvalue weighted by Crippen LogP contribution is 2.16. The van der Waals surface area contributed by atoms with Gasteiger partial charge >= 0.3 is 0 Å². The summed E-state index contributed by atoms with van der Waals surface area (Å²) in [6.07, 6.45) is -0.413. The maximum Gasteiger partial charge on any atom is 0.142 e. The lowest BCUT2D eigenvalue weighted by Gasteiger charge is -2.11. The van der Waals surface area contributed by atoms with Gasteiger partial charge in [-0.2, -0.15) is 5.26 Å². The van der Waals surface area contributed by atoms with Gasteiger partial charge in [-0.3, -0.25) is 4.98 Å². The minimum atomic E-state index is -0.413. The summed E-state index contributed by atoms with van der Waals surface area (Å²) < 4.78 is 10.7. The van der Waals surface area contributed by atoms with Gasteiger partial charge in [-0.05, 0) is 26.0 Å². The van der Waals surface area contributed by atoms with E-state index in [1.54, 1.807) is 6.92 Å². The Balaban J connectivity index is 2.44. The highest BCUT2D eigenvalue weighted by atomic mass is 16.5. The fourth-order valence-corrected chi connectivity index (χ4v) is 1.29. The molecule has 0 spiro atoms. The van der Waals surface area contributed by atoms with Crippen LogP contribution in [0.2, 0.25) is 0 Å². The fourth-order valence-electron chi connectivity index (χ4n) is 1.29. The molecule has 0 amide bonds. The van der Waals surface area contributed by atoms with Crippen molar-refractivity contribution in [2.24, 2.45) is 5.73 Å². The molecule has 0 aromatic carbocycles. The first-order valence-electron chi connectivity index (χ1n) is 5.48. The van der Waals surface area contributed by atoms with Crippen LogP contribution in [0, 0.1) is 18.3 Å². The normalized spacial score (nSPS) is 11.9. The van der Waals surface area contributed by atoms with Crippen LogP contribution in [0.1, 0.15) is 18.3 Å². The van der Waals surface area contributed by atoms with Crippen molar-refractivity contribution in [2.75, 3.05) is 13.2 Å². The third-order valence-corrected chi connectivity index (χ3v) is 2.16. The third-order valence-electron chi connectivity index (χ3n) is 2.16. The molecular formula is C12H17N3O2. The van der Waals surface area contributed by atoms with Gasteiger partial charge < -0.3 is 15.2 Å². The van der Waals surface area contributed by atoms with E-state index in [0.29, 0.717) is 25.5 Å². The summed E-state index contributed by atoms with van der Waals surface area (Å²) >= 11 is 0. The number of nitrogens with two attached hydrogens (primary N) is 1. The highest BCUT2D eigenvalue weighted by Gasteiger charge is 2.04. The zero-order chi connectivity index (χ0) is 12.7. The minimum Gasteiger partial charge on any atom is -0.489 e. The highest BCUT2D eigenvalue weighted by molar-refractivity contribution is 5.29. The number of aryl methyl sites for hydroxylation is 1. The van der Waals surface area contributed by atoms with E-state index in [1.165, 1.54) is 0 Å². The van der Waals surface area contributed by atoms with Gasteiger partial charge in [-0.25, -0.2) is 0 Å². The van der Waals surface area contributed by atoms with Crippen molar-refractivity contribution in [3.63, 3.8) is 0 Å². The van der Waals surface area contributed by atoms with Gasteiger partial charge in [0, 0.05) is 12.2 Å². The van der Waals surface area contributed by atoms with E-state index in [-0.39, 0.29) is 0 Å². The van der Waals surface area contributed by atoms with Crippen LogP contribution in [-0.4, -0.2) is 24.3 Å². The Hall–Kier alpha value is -1.64. The van der Waals surface area contributed by atoms with E-state index in [0.717, 1.165) is 11.4 Å². The van der Waals surface area contributed by atoms with E-state index < -0.39 is 6.10 Å². The first-order valence-corrected chi connectivity index (χ1v) is 5.48. The van der Waals surface area contributed by atoms with Crippen molar-refractivity contribution in [2.45, 2.75) is 26.5 Å². The van der Waals surface area contributed by atoms with Gasteiger partial charge in [0.05, 0.1) is 18.4 Å². The Labute approximate surface area is 101 Å². The third kappa shape index (κ3) is 4.39. The molecule has 0 radical (unpaired) electrons. The molecule has 1 heterocycles. The number of rotatable bonds is 6. The average Bonchev–Trinajstić information content (AvgIpc) is 2.35. The first kappa shape index (κ1) is 13.4. The Morgan fingerprint density at radius 3 is 2.88 bits per heavy atom. The molecule has 0 aliphatic heterocycles. The smallest absolute Gasteiger partial charge is 0.142 e. The maximum atomic E-state index is 8.52. The van der Waals surface area contributed by atoms with Crippen LogP contribution in [0.5, 0.6) is 5.75 Å². The van der Waals surface area contributed by atoms with Crippen molar-refractivity contribution < 1.29 is 9.47 Å². The lowest BCUT2D eigenvalue weighted by molar-refractivity contribution is 0.0740. The second kappa shape index (κ2) is 6.84. The molecule has 1 atom stereocenters. The monoisotopic (exact) mass is 235 g/mol. The largest absolute Gasteiger partial charge is 0.489 e. The number of aromatic nitrogens is 1. The summed E-state index contributed by atoms with van der Waals surface area (Å²) in [5.74, 6) is 0.673. The van der Waals surface area contributed by atoms with Gasteiger partial charge in [0.15, 0.2) is 0 Å². The number of nitrogens with zero attached hydrogens (tertiary/aromatic N) is 2. The predicted molar refractivity (Wildman–Crippen MR) is 63.4 cm³/mol. The summed E-state index contributed by atoms with van der Waals surface area (Å²) in [4.78, 5) is 4.28. The summed E-state index contributed by atoms with van der Waals surface area (Å²) in [7, 11) is 0. The number of pyridine rings is 1. The van der Waals surface area contributed by atoms with E-state index >= 15 is 0 Å². The molecule has 1 unspecified atom stereocenters. The van der Waals surface area contributed by atoms with Gasteiger partial charge in [0.1, 0.15) is 18.5 Å². The van der Waals surface area contributed by atoms with Crippen molar-refractivity contribution in [1.82, 2.24) is 4.98 Å².